The van der Waals surface area contributed by atoms with Crippen LogP contribution in [0.3, 0.4) is 0 Å². The van der Waals surface area contributed by atoms with Gasteiger partial charge in [0.1, 0.15) is 16.5 Å². The quantitative estimate of drug-likeness (QED) is 0.772. The topological polar surface area (TPSA) is 91.3 Å². The lowest BCUT2D eigenvalue weighted by Gasteiger charge is -2.27. The van der Waals surface area contributed by atoms with Crippen molar-refractivity contribution in [1.29, 1.82) is 0 Å². The number of rotatable bonds is 6. The minimum absolute atomic E-state index is 0.213. The first-order valence-electron chi connectivity index (χ1n) is 8.88. The summed E-state index contributed by atoms with van der Waals surface area (Å²) < 4.78 is 53.9. The molecule has 1 aliphatic rings. The molecule has 11 heteroatoms. The summed E-state index contributed by atoms with van der Waals surface area (Å²) in [4.78, 5) is 16.2. The summed E-state index contributed by atoms with van der Waals surface area (Å²) in [6.07, 6.45) is 3.22. The number of hydrogen-bond acceptors (Lipinski definition) is 7. The number of halogens is 2. The van der Waals surface area contributed by atoms with Crippen molar-refractivity contribution < 1.29 is 17.2 Å². The molecule has 1 aliphatic heterocycles. The van der Waals surface area contributed by atoms with Gasteiger partial charge in [0.25, 0.3) is 0 Å². The van der Waals surface area contributed by atoms with Crippen molar-refractivity contribution in [3.05, 3.63) is 35.7 Å². The molecule has 0 atom stereocenters. The molecule has 0 spiro atoms. The Bertz CT molecular complexity index is 949. The second-order valence-electron chi connectivity index (χ2n) is 6.69. The van der Waals surface area contributed by atoms with Crippen molar-refractivity contribution in [3.8, 4) is 0 Å². The number of nitrogens with one attached hydrogen (secondary N) is 1. The Morgan fingerprint density at radius 3 is 2.46 bits per heavy atom. The van der Waals surface area contributed by atoms with Crippen LogP contribution in [0.1, 0.15) is 25.1 Å². The molecule has 2 heterocycles. The third kappa shape index (κ3) is 4.71. The highest BCUT2D eigenvalue weighted by molar-refractivity contribution is 7.89. The Balaban J connectivity index is 1.83. The molecular weight excluding hydrogens is 390 g/mol. The SMILES string of the molecule is CN(C)c1nc(CNS(=O)(=O)c2ccc(F)cc2F)nc(N2CCCCC2)n1. The van der Waals surface area contributed by atoms with Gasteiger partial charge in [-0.25, -0.2) is 21.9 Å². The molecule has 1 aromatic carbocycles. The van der Waals surface area contributed by atoms with Crippen LogP contribution in [-0.4, -0.2) is 50.6 Å². The lowest BCUT2D eigenvalue weighted by atomic mass is 10.1. The van der Waals surface area contributed by atoms with Crippen LogP contribution in [0, 0.1) is 11.6 Å². The second kappa shape index (κ2) is 8.31. The van der Waals surface area contributed by atoms with E-state index in [1.165, 1.54) is 0 Å². The molecule has 0 unspecified atom stereocenters. The fourth-order valence-electron chi connectivity index (χ4n) is 2.84. The van der Waals surface area contributed by atoms with E-state index in [1.54, 1.807) is 19.0 Å². The van der Waals surface area contributed by atoms with Crippen LogP contribution in [-0.2, 0) is 16.6 Å². The average molecular weight is 412 g/mol. The highest BCUT2D eigenvalue weighted by Crippen LogP contribution is 2.19. The monoisotopic (exact) mass is 412 g/mol. The molecule has 0 saturated carbocycles. The standard InChI is InChI=1S/C17H22F2N6O2S/c1-24(2)16-21-15(22-17(23-16)25-8-4-3-5-9-25)11-20-28(26,27)14-7-6-12(18)10-13(14)19/h6-7,10,20H,3-5,8-9,11H2,1-2H3. The minimum atomic E-state index is -4.20. The molecule has 0 aliphatic carbocycles. The Hall–Kier alpha value is -2.40. The van der Waals surface area contributed by atoms with Crippen molar-refractivity contribution in [2.45, 2.75) is 30.7 Å². The van der Waals surface area contributed by atoms with Crippen LogP contribution in [0.25, 0.3) is 0 Å². The van der Waals surface area contributed by atoms with Crippen LogP contribution < -0.4 is 14.5 Å². The van der Waals surface area contributed by atoms with Gasteiger partial charge < -0.3 is 9.80 Å². The summed E-state index contributed by atoms with van der Waals surface area (Å²) in [5, 5.41) is 0. The van der Waals surface area contributed by atoms with Crippen molar-refractivity contribution in [2.24, 2.45) is 0 Å². The maximum Gasteiger partial charge on any atom is 0.243 e. The van der Waals surface area contributed by atoms with Gasteiger partial charge >= 0.3 is 0 Å². The largest absolute Gasteiger partial charge is 0.347 e. The zero-order valence-electron chi connectivity index (χ0n) is 15.7. The van der Waals surface area contributed by atoms with Gasteiger partial charge in [-0.15, -0.1) is 0 Å². The molecule has 1 aromatic heterocycles. The van der Waals surface area contributed by atoms with Gasteiger partial charge in [-0.05, 0) is 31.4 Å². The third-order valence-corrected chi connectivity index (χ3v) is 5.74. The Kier molecular flexibility index (Phi) is 6.04. The molecule has 0 bridgehead atoms. The third-order valence-electron chi connectivity index (χ3n) is 4.30. The number of piperidine rings is 1. The fraction of sp³-hybridized carbons (Fsp3) is 0.471. The summed E-state index contributed by atoms with van der Waals surface area (Å²) >= 11 is 0. The van der Waals surface area contributed by atoms with E-state index in [0.29, 0.717) is 18.0 Å². The van der Waals surface area contributed by atoms with Crippen LogP contribution in [0.2, 0.25) is 0 Å². The predicted molar refractivity (Wildman–Crippen MR) is 101 cm³/mol. The zero-order chi connectivity index (χ0) is 20.3. The summed E-state index contributed by atoms with van der Waals surface area (Å²) in [5.74, 6) is -0.912. The van der Waals surface area contributed by atoms with Gasteiger partial charge in [0.05, 0.1) is 6.54 Å². The number of benzene rings is 1. The highest BCUT2D eigenvalue weighted by Gasteiger charge is 2.21. The Labute approximate surface area is 162 Å². The average Bonchev–Trinajstić information content (AvgIpc) is 2.66. The van der Waals surface area contributed by atoms with E-state index >= 15 is 0 Å². The first-order valence-corrected chi connectivity index (χ1v) is 10.4. The zero-order valence-corrected chi connectivity index (χ0v) is 16.5. The molecule has 0 radical (unpaired) electrons. The van der Waals surface area contributed by atoms with Gasteiger partial charge in [0.15, 0.2) is 5.82 Å². The summed E-state index contributed by atoms with van der Waals surface area (Å²) in [7, 11) is -0.646. The molecule has 28 heavy (non-hydrogen) atoms. The van der Waals surface area contributed by atoms with Crippen LogP contribution in [0.5, 0.6) is 0 Å². The summed E-state index contributed by atoms with van der Waals surface area (Å²) in [6, 6.07) is 2.29. The first-order chi connectivity index (χ1) is 13.3. The first kappa shape index (κ1) is 20.3. The molecule has 152 valence electrons. The predicted octanol–water partition coefficient (Wildman–Crippen LogP) is 1.68. The van der Waals surface area contributed by atoms with Crippen LogP contribution in [0.15, 0.2) is 23.1 Å². The van der Waals surface area contributed by atoms with E-state index in [9.17, 15) is 17.2 Å². The molecule has 8 nitrogen and oxygen atoms in total. The Morgan fingerprint density at radius 2 is 1.82 bits per heavy atom. The van der Waals surface area contributed by atoms with E-state index in [0.717, 1.165) is 44.5 Å². The van der Waals surface area contributed by atoms with Gasteiger partial charge in [-0.3, -0.25) is 0 Å². The van der Waals surface area contributed by atoms with E-state index in [-0.39, 0.29) is 12.4 Å². The normalized spacial score (nSPS) is 14.9. The van der Waals surface area contributed by atoms with Crippen LogP contribution >= 0.6 is 0 Å². The maximum atomic E-state index is 13.8. The van der Waals surface area contributed by atoms with Gasteiger partial charge in [-0.1, -0.05) is 0 Å². The van der Waals surface area contributed by atoms with E-state index in [4.69, 9.17) is 0 Å². The van der Waals surface area contributed by atoms with Gasteiger partial charge in [0.2, 0.25) is 21.9 Å². The summed E-state index contributed by atoms with van der Waals surface area (Å²) in [6.45, 7) is 1.40. The minimum Gasteiger partial charge on any atom is -0.347 e. The van der Waals surface area contributed by atoms with E-state index in [2.05, 4.69) is 19.7 Å². The van der Waals surface area contributed by atoms with E-state index in [1.807, 2.05) is 4.90 Å². The summed E-state index contributed by atoms with van der Waals surface area (Å²) in [5.41, 5.74) is 0. The number of anilines is 2. The number of sulfonamides is 1. The molecule has 0 amide bonds. The van der Waals surface area contributed by atoms with Gasteiger partial charge in [0, 0.05) is 33.3 Å². The molecule has 3 rings (SSSR count). The lowest BCUT2D eigenvalue weighted by molar-refractivity contribution is 0.541. The van der Waals surface area contributed by atoms with Crippen LogP contribution in [0.4, 0.5) is 20.7 Å². The fourth-order valence-corrected chi connectivity index (χ4v) is 3.88. The highest BCUT2D eigenvalue weighted by atomic mass is 32.2. The molecule has 2 aromatic rings. The van der Waals surface area contributed by atoms with Crippen molar-refractivity contribution >= 4 is 21.9 Å². The smallest absolute Gasteiger partial charge is 0.243 e. The van der Waals surface area contributed by atoms with Crippen molar-refractivity contribution in [2.75, 3.05) is 37.0 Å². The number of hydrogen-bond donors (Lipinski definition) is 1. The molecule has 1 N–H and O–H groups in total. The number of nitrogens with zero attached hydrogens (tertiary/aromatic N) is 5. The Morgan fingerprint density at radius 1 is 1.11 bits per heavy atom. The molecule has 1 fully saturated rings. The molecular formula is C17H22F2N6O2S. The van der Waals surface area contributed by atoms with Gasteiger partial charge in [-0.2, -0.15) is 15.0 Å². The van der Waals surface area contributed by atoms with Crippen molar-refractivity contribution in [1.82, 2.24) is 19.7 Å². The molecule has 1 saturated heterocycles. The number of aromatic nitrogens is 3. The lowest BCUT2D eigenvalue weighted by Crippen LogP contribution is -2.33. The van der Waals surface area contributed by atoms with E-state index < -0.39 is 26.6 Å². The van der Waals surface area contributed by atoms with Crippen molar-refractivity contribution in [3.63, 3.8) is 0 Å². The maximum absolute atomic E-state index is 13.8. The second-order valence-corrected chi connectivity index (χ2v) is 8.43.